The molecule has 0 aliphatic rings. The molecule has 0 fully saturated rings. The Morgan fingerprint density at radius 2 is 2.00 bits per heavy atom. The molecule has 13 heavy (non-hydrogen) atoms. The van der Waals surface area contributed by atoms with Crippen LogP contribution in [-0.4, -0.2) is 17.3 Å². The summed E-state index contributed by atoms with van der Waals surface area (Å²) in [4.78, 5) is 0. The van der Waals surface area contributed by atoms with Gasteiger partial charge in [0.1, 0.15) is 0 Å². The smallest absolute Gasteiger partial charge is 0.0218 e. The van der Waals surface area contributed by atoms with E-state index < -0.39 is 0 Å². The largest absolute Gasteiger partial charge is 0.114 e. The average Bonchev–Trinajstić information content (AvgIpc) is 2.11. The molecule has 0 aliphatic carbocycles. The lowest BCUT2D eigenvalue weighted by Gasteiger charge is -1.95. The molecule has 0 heterocycles. The Kier molecular flexibility index (Phi) is 11.0. The molecule has 0 bridgehead atoms. The molecule has 0 aromatic carbocycles. The number of rotatable bonds is 8. The lowest BCUT2D eigenvalue weighted by Crippen LogP contribution is -1.94. The van der Waals surface area contributed by atoms with Gasteiger partial charge in [0.2, 0.25) is 0 Å². The molecule has 0 aromatic heterocycles. The molecule has 1 atom stereocenters. The van der Waals surface area contributed by atoms with E-state index in [1.807, 2.05) is 12.2 Å². The van der Waals surface area contributed by atoms with Crippen LogP contribution in [0.1, 0.15) is 0 Å². The molecule has 0 amide bonds. The highest BCUT2D eigenvalue weighted by atomic mass is 33.1. The predicted molar refractivity (Wildman–Crippen MR) is 74.0 cm³/mol. The standard InChI is InChI=1S/C9H14S4/c1-3-6-11-12-7-5-9-13(10)8-4-2/h3-5,7H,1-2,6,8-9H2. The molecule has 0 aliphatic heterocycles. The van der Waals surface area contributed by atoms with Crippen molar-refractivity contribution in [2.45, 2.75) is 0 Å². The van der Waals surface area contributed by atoms with Crippen molar-refractivity contribution >= 4 is 42.2 Å². The minimum Gasteiger partial charge on any atom is -0.114 e. The highest BCUT2D eigenvalue weighted by Gasteiger charge is 1.86. The summed E-state index contributed by atoms with van der Waals surface area (Å²) < 4.78 is 0. The summed E-state index contributed by atoms with van der Waals surface area (Å²) in [5, 5.41) is 2.10. The second-order valence-corrected chi connectivity index (χ2v) is 7.38. The summed E-state index contributed by atoms with van der Waals surface area (Å²) in [6, 6.07) is 0. The molecule has 0 aromatic rings. The van der Waals surface area contributed by atoms with Crippen molar-refractivity contribution < 1.29 is 0 Å². The Hall–Kier alpha value is 0.490. The lowest BCUT2D eigenvalue weighted by molar-refractivity contribution is 1.72. The monoisotopic (exact) mass is 250 g/mol. The van der Waals surface area contributed by atoms with Crippen LogP contribution in [0.2, 0.25) is 0 Å². The van der Waals surface area contributed by atoms with E-state index in [4.69, 9.17) is 11.2 Å². The van der Waals surface area contributed by atoms with Gasteiger partial charge in [-0.25, -0.2) is 0 Å². The molecule has 0 spiro atoms. The van der Waals surface area contributed by atoms with Crippen LogP contribution in [0, 0.1) is 0 Å². The SMILES string of the molecule is C=CCSSC=CCS(=S)CC=C. The van der Waals surface area contributed by atoms with Crippen LogP contribution in [0.4, 0.5) is 0 Å². The quantitative estimate of drug-likeness (QED) is 0.368. The van der Waals surface area contributed by atoms with E-state index in [1.54, 1.807) is 21.6 Å². The highest BCUT2D eigenvalue weighted by Crippen LogP contribution is 2.21. The summed E-state index contributed by atoms with van der Waals surface area (Å²) in [6.07, 6.45) is 5.94. The van der Waals surface area contributed by atoms with E-state index in [2.05, 4.69) is 24.6 Å². The maximum atomic E-state index is 5.21. The van der Waals surface area contributed by atoms with E-state index in [9.17, 15) is 0 Å². The molecule has 74 valence electrons. The van der Waals surface area contributed by atoms with E-state index >= 15 is 0 Å². The molecule has 0 saturated heterocycles. The van der Waals surface area contributed by atoms with E-state index in [1.165, 1.54) is 0 Å². The predicted octanol–water partition coefficient (Wildman–Crippen LogP) is 3.33. The van der Waals surface area contributed by atoms with Crippen molar-refractivity contribution in [2.75, 3.05) is 17.3 Å². The van der Waals surface area contributed by atoms with Gasteiger partial charge in [-0.3, -0.25) is 0 Å². The Labute approximate surface area is 95.9 Å². The Balaban J connectivity index is 3.34. The van der Waals surface area contributed by atoms with Crippen molar-refractivity contribution in [2.24, 2.45) is 0 Å². The van der Waals surface area contributed by atoms with Gasteiger partial charge in [0, 0.05) is 17.3 Å². The Bertz CT molecular complexity index is 196. The average molecular weight is 250 g/mol. The van der Waals surface area contributed by atoms with Crippen molar-refractivity contribution in [3.05, 3.63) is 36.8 Å². The Morgan fingerprint density at radius 3 is 2.62 bits per heavy atom. The number of hydrogen-bond donors (Lipinski definition) is 0. The third-order valence-corrected chi connectivity index (χ3v) is 4.94. The lowest BCUT2D eigenvalue weighted by atomic mass is 10.8. The molecule has 0 N–H and O–H groups in total. The van der Waals surface area contributed by atoms with Crippen LogP contribution >= 0.6 is 21.6 Å². The van der Waals surface area contributed by atoms with Gasteiger partial charge in [-0.05, 0) is 5.41 Å². The maximum absolute atomic E-state index is 5.21. The molecule has 0 nitrogen and oxygen atoms in total. The fourth-order valence-electron chi connectivity index (χ4n) is 0.512. The first-order chi connectivity index (χ1) is 6.31. The normalized spacial score (nSPS) is 12.9. The maximum Gasteiger partial charge on any atom is 0.0218 e. The zero-order valence-corrected chi connectivity index (χ0v) is 10.7. The zero-order valence-electron chi connectivity index (χ0n) is 7.48. The Morgan fingerprint density at radius 1 is 1.23 bits per heavy atom. The van der Waals surface area contributed by atoms with Crippen LogP contribution in [0.25, 0.3) is 0 Å². The third kappa shape index (κ3) is 10.4. The van der Waals surface area contributed by atoms with Gasteiger partial charge in [0.05, 0.1) is 0 Å². The fourth-order valence-corrected chi connectivity index (χ4v) is 3.29. The summed E-state index contributed by atoms with van der Waals surface area (Å²) in [6.45, 7) is 7.31. The minimum atomic E-state index is 0.0585. The van der Waals surface area contributed by atoms with E-state index in [-0.39, 0.29) is 9.45 Å². The van der Waals surface area contributed by atoms with Crippen molar-refractivity contribution in [1.82, 2.24) is 0 Å². The van der Waals surface area contributed by atoms with Crippen molar-refractivity contribution in [3.63, 3.8) is 0 Å². The summed E-state index contributed by atoms with van der Waals surface area (Å²) in [7, 11) is 3.57. The summed E-state index contributed by atoms with van der Waals surface area (Å²) in [5.41, 5.74) is 0. The summed E-state index contributed by atoms with van der Waals surface area (Å²) in [5.74, 6) is 2.92. The van der Waals surface area contributed by atoms with Gasteiger partial charge >= 0.3 is 0 Å². The molecular weight excluding hydrogens is 236 g/mol. The molecule has 4 heteroatoms. The molecular formula is C9H14S4. The second kappa shape index (κ2) is 10.6. The van der Waals surface area contributed by atoms with Crippen molar-refractivity contribution in [1.29, 1.82) is 0 Å². The van der Waals surface area contributed by atoms with Crippen LogP contribution in [0.5, 0.6) is 0 Å². The minimum absolute atomic E-state index is 0.0585. The number of hydrogen-bond acceptors (Lipinski definition) is 3. The highest BCUT2D eigenvalue weighted by molar-refractivity contribution is 8.77. The fraction of sp³-hybridized carbons (Fsp3) is 0.333. The van der Waals surface area contributed by atoms with Crippen LogP contribution in [0.3, 0.4) is 0 Å². The topological polar surface area (TPSA) is 0 Å². The van der Waals surface area contributed by atoms with Crippen LogP contribution < -0.4 is 0 Å². The van der Waals surface area contributed by atoms with Gasteiger partial charge in [0.15, 0.2) is 0 Å². The molecule has 0 radical (unpaired) electrons. The van der Waals surface area contributed by atoms with Crippen molar-refractivity contribution in [3.8, 4) is 0 Å². The molecule has 0 rings (SSSR count). The molecule has 1 unspecified atom stereocenters. The third-order valence-electron chi connectivity index (χ3n) is 0.992. The van der Waals surface area contributed by atoms with Gasteiger partial charge in [-0.15, -0.1) is 22.6 Å². The van der Waals surface area contributed by atoms with Gasteiger partial charge in [-0.2, -0.15) is 0 Å². The van der Waals surface area contributed by atoms with E-state index in [0.717, 1.165) is 17.3 Å². The van der Waals surface area contributed by atoms with Crippen LogP contribution in [-0.2, 0) is 20.6 Å². The van der Waals surface area contributed by atoms with Gasteiger partial charge in [-0.1, -0.05) is 51.0 Å². The van der Waals surface area contributed by atoms with Gasteiger partial charge in [0.25, 0.3) is 0 Å². The van der Waals surface area contributed by atoms with Crippen LogP contribution in [0.15, 0.2) is 36.8 Å². The molecule has 0 saturated carbocycles. The second-order valence-electron chi connectivity index (χ2n) is 2.10. The first-order valence-electron chi connectivity index (χ1n) is 3.81. The first kappa shape index (κ1) is 13.5. The summed E-state index contributed by atoms with van der Waals surface area (Å²) >= 11 is 5.21. The van der Waals surface area contributed by atoms with E-state index in [0.29, 0.717) is 0 Å². The van der Waals surface area contributed by atoms with Gasteiger partial charge < -0.3 is 0 Å². The zero-order chi connectivity index (χ0) is 9.94. The first-order valence-corrected chi connectivity index (χ1v) is 8.68.